The van der Waals surface area contributed by atoms with Gasteiger partial charge in [-0.2, -0.15) is 0 Å². The van der Waals surface area contributed by atoms with Gasteiger partial charge in [-0.05, 0) is 67.4 Å². The number of likely N-dealkylation sites (tertiary alicyclic amines) is 1. The zero-order valence-electron chi connectivity index (χ0n) is 17.0. The molecule has 30 heavy (non-hydrogen) atoms. The predicted octanol–water partition coefficient (Wildman–Crippen LogP) is 3.31. The number of ether oxygens (including phenoxy) is 1. The largest absolute Gasteiger partial charge is 0.508 e. The van der Waals surface area contributed by atoms with E-state index >= 15 is 0 Å². The summed E-state index contributed by atoms with van der Waals surface area (Å²) in [5, 5.41) is 24.6. The minimum absolute atomic E-state index is 0.0290. The first-order chi connectivity index (χ1) is 14.5. The van der Waals surface area contributed by atoms with Crippen LogP contribution in [0.15, 0.2) is 41.7 Å². The lowest BCUT2D eigenvalue weighted by atomic mass is 9.73. The summed E-state index contributed by atoms with van der Waals surface area (Å²) in [5.41, 5.74) is 3.37. The molecule has 8 heteroatoms. The number of nitrogens with one attached hydrogen (secondary N) is 1. The number of allylic oxidation sites excluding steroid dienone is 1. The van der Waals surface area contributed by atoms with Crippen molar-refractivity contribution in [2.24, 2.45) is 5.92 Å². The van der Waals surface area contributed by atoms with Gasteiger partial charge in [0.2, 0.25) is 0 Å². The number of nitrogens with zero attached hydrogens (tertiary/aromatic N) is 2. The second kappa shape index (κ2) is 8.38. The standard InChI is InChI=1S/C22H27N3O5/c1-2-30-22(27)24-9-7-14(8-10-24)20-19-6-5-18(26)12-15(19)3-4-16-11-17(25(28)29)13-23-21(16)20/h5-6,11-14,20-21,23,26H,2-4,7-10H2,1H3. The summed E-state index contributed by atoms with van der Waals surface area (Å²) in [4.78, 5) is 24.8. The van der Waals surface area contributed by atoms with Gasteiger partial charge in [0, 0.05) is 25.1 Å². The first-order valence-corrected chi connectivity index (χ1v) is 10.5. The van der Waals surface area contributed by atoms with Gasteiger partial charge in [-0.1, -0.05) is 6.07 Å². The van der Waals surface area contributed by atoms with Gasteiger partial charge in [0.05, 0.1) is 23.8 Å². The van der Waals surface area contributed by atoms with Gasteiger partial charge in [0.15, 0.2) is 0 Å². The summed E-state index contributed by atoms with van der Waals surface area (Å²) in [6, 6.07) is 5.49. The fourth-order valence-corrected chi connectivity index (χ4v) is 5.05. The maximum absolute atomic E-state index is 12.1. The van der Waals surface area contributed by atoms with Crippen LogP contribution in [0.5, 0.6) is 5.75 Å². The molecule has 1 amide bonds. The first-order valence-electron chi connectivity index (χ1n) is 10.5. The van der Waals surface area contributed by atoms with Gasteiger partial charge >= 0.3 is 6.09 Å². The number of amides is 1. The molecule has 1 fully saturated rings. The number of benzene rings is 1. The Balaban J connectivity index is 1.63. The Kier molecular flexibility index (Phi) is 5.65. The molecular weight excluding hydrogens is 386 g/mol. The van der Waals surface area contributed by atoms with E-state index in [1.54, 1.807) is 24.0 Å². The highest BCUT2D eigenvalue weighted by Gasteiger charge is 2.40. The van der Waals surface area contributed by atoms with Crippen LogP contribution in [0.1, 0.15) is 43.2 Å². The van der Waals surface area contributed by atoms with Crippen molar-refractivity contribution in [1.29, 1.82) is 0 Å². The van der Waals surface area contributed by atoms with Crippen LogP contribution < -0.4 is 5.32 Å². The van der Waals surface area contributed by atoms with Crippen molar-refractivity contribution in [3.8, 4) is 5.75 Å². The zero-order chi connectivity index (χ0) is 21.3. The number of nitro groups is 1. The van der Waals surface area contributed by atoms with E-state index in [9.17, 15) is 20.0 Å². The Labute approximate surface area is 175 Å². The number of dihydropyridines is 1. The number of carbonyl (C=O) groups excluding carboxylic acids is 1. The molecule has 2 heterocycles. The normalized spacial score (nSPS) is 23.8. The van der Waals surface area contributed by atoms with E-state index < -0.39 is 0 Å². The number of hydrogen-bond acceptors (Lipinski definition) is 6. The predicted molar refractivity (Wildman–Crippen MR) is 111 cm³/mol. The molecule has 0 radical (unpaired) electrons. The average Bonchev–Trinajstić information content (AvgIpc) is 2.90. The van der Waals surface area contributed by atoms with Gasteiger partial charge in [0.1, 0.15) is 5.75 Å². The lowest BCUT2D eigenvalue weighted by Crippen LogP contribution is -2.44. The van der Waals surface area contributed by atoms with Crippen molar-refractivity contribution in [2.75, 3.05) is 19.7 Å². The van der Waals surface area contributed by atoms with Crippen LogP contribution >= 0.6 is 0 Å². The van der Waals surface area contributed by atoms with Crippen molar-refractivity contribution >= 4 is 6.09 Å². The van der Waals surface area contributed by atoms with E-state index in [-0.39, 0.29) is 34.4 Å². The van der Waals surface area contributed by atoms with Gasteiger partial charge < -0.3 is 20.1 Å². The van der Waals surface area contributed by atoms with E-state index in [1.807, 2.05) is 12.1 Å². The molecule has 2 unspecified atom stereocenters. The summed E-state index contributed by atoms with van der Waals surface area (Å²) in [5.74, 6) is 0.660. The first kappa shape index (κ1) is 20.3. The zero-order valence-corrected chi connectivity index (χ0v) is 17.0. The molecule has 1 aromatic carbocycles. The molecule has 8 nitrogen and oxygen atoms in total. The summed E-state index contributed by atoms with van der Waals surface area (Å²) in [7, 11) is 0. The van der Waals surface area contributed by atoms with E-state index in [1.165, 1.54) is 11.8 Å². The molecule has 2 N–H and O–H groups in total. The Morgan fingerprint density at radius 1 is 1.33 bits per heavy atom. The van der Waals surface area contributed by atoms with Gasteiger partial charge in [-0.25, -0.2) is 4.79 Å². The summed E-state index contributed by atoms with van der Waals surface area (Å²) >= 11 is 0. The molecule has 1 aromatic rings. The maximum Gasteiger partial charge on any atom is 0.409 e. The number of fused-ring (bicyclic) bond motifs is 2. The molecule has 2 aliphatic heterocycles. The lowest BCUT2D eigenvalue weighted by molar-refractivity contribution is -0.419. The van der Waals surface area contributed by atoms with Crippen molar-refractivity contribution < 1.29 is 19.6 Å². The molecule has 3 aliphatic rings. The highest BCUT2D eigenvalue weighted by molar-refractivity contribution is 5.67. The Hall–Kier alpha value is -3.03. The van der Waals surface area contributed by atoms with Gasteiger partial charge in [-0.15, -0.1) is 0 Å². The van der Waals surface area contributed by atoms with Crippen LogP contribution in [0.4, 0.5) is 4.79 Å². The molecule has 2 atom stereocenters. The Morgan fingerprint density at radius 2 is 2.10 bits per heavy atom. The van der Waals surface area contributed by atoms with Crippen LogP contribution in [-0.2, 0) is 11.2 Å². The molecule has 0 aromatic heterocycles. The van der Waals surface area contributed by atoms with Crippen molar-refractivity contribution in [1.82, 2.24) is 10.2 Å². The quantitative estimate of drug-likeness (QED) is 0.582. The van der Waals surface area contributed by atoms with Gasteiger partial charge in [0.25, 0.3) is 5.70 Å². The van der Waals surface area contributed by atoms with Crippen molar-refractivity contribution in [3.63, 3.8) is 0 Å². The molecule has 0 bridgehead atoms. The van der Waals surface area contributed by atoms with E-state index in [0.29, 0.717) is 32.0 Å². The van der Waals surface area contributed by atoms with Crippen LogP contribution in [0, 0.1) is 16.0 Å². The van der Waals surface area contributed by atoms with E-state index in [0.717, 1.165) is 30.4 Å². The topological polar surface area (TPSA) is 105 Å². The van der Waals surface area contributed by atoms with E-state index in [2.05, 4.69) is 5.32 Å². The van der Waals surface area contributed by atoms with E-state index in [4.69, 9.17) is 4.74 Å². The summed E-state index contributed by atoms with van der Waals surface area (Å²) in [6.45, 7) is 3.44. The Bertz CT molecular complexity index is 902. The molecule has 4 rings (SSSR count). The third kappa shape index (κ3) is 3.86. The number of phenols is 1. The minimum Gasteiger partial charge on any atom is -0.508 e. The van der Waals surface area contributed by atoms with Crippen LogP contribution in [0.25, 0.3) is 0 Å². The number of aryl methyl sites for hydroxylation is 1. The fourth-order valence-electron chi connectivity index (χ4n) is 5.05. The average molecular weight is 413 g/mol. The number of rotatable bonds is 3. The highest BCUT2D eigenvalue weighted by Crippen LogP contribution is 2.44. The summed E-state index contributed by atoms with van der Waals surface area (Å²) < 4.78 is 5.14. The second-order valence-electron chi connectivity index (χ2n) is 8.12. The highest BCUT2D eigenvalue weighted by atomic mass is 16.6. The fraction of sp³-hybridized carbons (Fsp3) is 0.500. The third-order valence-corrected chi connectivity index (χ3v) is 6.46. The van der Waals surface area contributed by atoms with Crippen LogP contribution in [-0.4, -0.2) is 46.8 Å². The number of piperidine rings is 1. The molecule has 0 spiro atoms. The number of aromatic hydroxyl groups is 1. The maximum atomic E-state index is 12.1. The number of carbonyl (C=O) groups is 1. The monoisotopic (exact) mass is 413 g/mol. The number of hydrogen-bond donors (Lipinski definition) is 2. The third-order valence-electron chi connectivity index (χ3n) is 6.46. The summed E-state index contributed by atoms with van der Waals surface area (Å²) in [6.07, 6.45) is 6.04. The minimum atomic E-state index is -0.368. The van der Waals surface area contributed by atoms with Crippen LogP contribution in [0.3, 0.4) is 0 Å². The van der Waals surface area contributed by atoms with Gasteiger partial charge in [-0.3, -0.25) is 10.1 Å². The number of phenolic OH excluding ortho intramolecular Hbond substituents is 1. The van der Waals surface area contributed by atoms with Crippen molar-refractivity contribution in [2.45, 2.75) is 44.6 Å². The molecule has 160 valence electrons. The van der Waals surface area contributed by atoms with Crippen LogP contribution in [0.2, 0.25) is 0 Å². The van der Waals surface area contributed by atoms with Crippen molar-refractivity contribution in [3.05, 3.63) is 63.0 Å². The second-order valence-corrected chi connectivity index (χ2v) is 8.12. The molecular formula is C22H27N3O5. The molecule has 0 saturated carbocycles. The smallest absolute Gasteiger partial charge is 0.409 e. The Morgan fingerprint density at radius 3 is 2.80 bits per heavy atom. The SMILES string of the molecule is CCOC(=O)N1CCC(C2c3ccc(O)cc3CCC3=CC([N+](=O)[O-])=CNC32)CC1. The molecule has 1 aliphatic carbocycles. The molecule has 1 saturated heterocycles. The lowest BCUT2D eigenvalue weighted by Gasteiger charge is -2.40.